The molecule has 0 fully saturated rings. The predicted molar refractivity (Wildman–Crippen MR) is 49.9 cm³/mol. The fourth-order valence-electron chi connectivity index (χ4n) is 2.21. The molecule has 0 aromatic heterocycles. The third-order valence-corrected chi connectivity index (χ3v) is 3.12. The molecular formula is C11H17LiO2. The standard InChI is InChI=1S/C11H18O2.Li/c1-8-5-4-6-11(2,3)9(8)7-10(12)13;/h5,9H,4,6-7H2,1-3H3,(H,12,13);/q;+1/p-1. The second kappa shape index (κ2) is 5.05. The Morgan fingerprint density at radius 3 is 2.64 bits per heavy atom. The first-order valence-electron chi connectivity index (χ1n) is 4.80. The summed E-state index contributed by atoms with van der Waals surface area (Å²) < 4.78 is 0. The van der Waals surface area contributed by atoms with Crippen LogP contribution in [0.1, 0.15) is 40.0 Å². The van der Waals surface area contributed by atoms with E-state index in [9.17, 15) is 9.90 Å². The fourth-order valence-corrected chi connectivity index (χ4v) is 2.21. The summed E-state index contributed by atoms with van der Waals surface area (Å²) in [5, 5.41) is 10.6. The van der Waals surface area contributed by atoms with E-state index in [1.54, 1.807) is 0 Å². The van der Waals surface area contributed by atoms with Gasteiger partial charge in [-0.15, -0.1) is 0 Å². The number of carboxylic acids is 1. The van der Waals surface area contributed by atoms with Crippen molar-refractivity contribution in [2.24, 2.45) is 11.3 Å². The van der Waals surface area contributed by atoms with Crippen LogP contribution in [0.4, 0.5) is 0 Å². The predicted octanol–water partition coefficient (Wildman–Crippen LogP) is -1.49. The Hall–Kier alpha value is -0.193. The van der Waals surface area contributed by atoms with Crippen LogP contribution in [0.2, 0.25) is 0 Å². The molecule has 1 unspecified atom stereocenters. The first kappa shape index (κ1) is 13.8. The maximum absolute atomic E-state index is 10.6. The first-order valence-corrected chi connectivity index (χ1v) is 4.80. The molecule has 0 bridgehead atoms. The molecule has 0 saturated heterocycles. The first-order chi connectivity index (χ1) is 5.93. The minimum absolute atomic E-state index is 0. The van der Waals surface area contributed by atoms with Crippen molar-refractivity contribution < 1.29 is 28.8 Å². The van der Waals surface area contributed by atoms with E-state index in [1.165, 1.54) is 5.57 Å². The van der Waals surface area contributed by atoms with Gasteiger partial charge in [-0.25, -0.2) is 0 Å². The summed E-state index contributed by atoms with van der Waals surface area (Å²) in [6, 6.07) is 0. The van der Waals surface area contributed by atoms with Crippen LogP contribution < -0.4 is 24.0 Å². The normalized spacial score (nSPS) is 24.8. The monoisotopic (exact) mass is 188 g/mol. The summed E-state index contributed by atoms with van der Waals surface area (Å²) in [7, 11) is 0. The number of aliphatic carboxylic acids is 1. The smallest absolute Gasteiger partial charge is 0.550 e. The van der Waals surface area contributed by atoms with E-state index in [-0.39, 0.29) is 36.6 Å². The third kappa shape index (κ3) is 3.19. The van der Waals surface area contributed by atoms with Gasteiger partial charge in [-0.2, -0.15) is 0 Å². The van der Waals surface area contributed by atoms with E-state index in [1.807, 2.05) is 6.92 Å². The van der Waals surface area contributed by atoms with Gasteiger partial charge in [0.15, 0.2) is 0 Å². The van der Waals surface area contributed by atoms with Gasteiger partial charge in [0.25, 0.3) is 0 Å². The van der Waals surface area contributed by atoms with Gasteiger partial charge >= 0.3 is 18.9 Å². The summed E-state index contributed by atoms with van der Waals surface area (Å²) in [5.74, 6) is -0.779. The number of hydrogen-bond donors (Lipinski definition) is 0. The molecule has 1 aliphatic rings. The van der Waals surface area contributed by atoms with Crippen molar-refractivity contribution in [1.82, 2.24) is 0 Å². The van der Waals surface area contributed by atoms with Gasteiger partial charge in [-0.05, 0) is 37.5 Å². The quantitative estimate of drug-likeness (QED) is 0.391. The second-order valence-corrected chi connectivity index (χ2v) is 4.60. The van der Waals surface area contributed by atoms with E-state index in [4.69, 9.17) is 0 Å². The van der Waals surface area contributed by atoms with Crippen molar-refractivity contribution in [2.45, 2.75) is 40.0 Å². The summed E-state index contributed by atoms with van der Waals surface area (Å²) in [5.41, 5.74) is 1.32. The van der Waals surface area contributed by atoms with Crippen LogP contribution >= 0.6 is 0 Å². The fraction of sp³-hybridized carbons (Fsp3) is 0.727. The molecule has 0 radical (unpaired) electrons. The molecule has 3 heteroatoms. The van der Waals surface area contributed by atoms with E-state index in [0.29, 0.717) is 0 Å². The van der Waals surface area contributed by atoms with Gasteiger partial charge < -0.3 is 9.90 Å². The zero-order chi connectivity index (χ0) is 10.1. The van der Waals surface area contributed by atoms with Gasteiger partial charge in [-0.3, -0.25) is 0 Å². The second-order valence-electron chi connectivity index (χ2n) is 4.60. The topological polar surface area (TPSA) is 40.1 Å². The molecule has 74 valence electrons. The van der Waals surface area contributed by atoms with Crippen LogP contribution in [-0.4, -0.2) is 5.97 Å². The number of rotatable bonds is 2. The minimum Gasteiger partial charge on any atom is -0.550 e. The number of carbonyl (C=O) groups excluding carboxylic acids is 1. The van der Waals surface area contributed by atoms with E-state index < -0.39 is 5.97 Å². The number of hydrogen-bond acceptors (Lipinski definition) is 2. The Bertz CT molecular complexity index is 244. The molecule has 0 spiro atoms. The van der Waals surface area contributed by atoms with Crippen LogP contribution in [0.5, 0.6) is 0 Å². The van der Waals surface area contributed by atoms with Gasteiger partial charge in [0.1, 0.15) is 0 Å². The summed E-state index contributed by atoms with van der Waals surface area (Å²) >= 11 is 0. The molecule has 1 rings (SSSR count). The van der Waals surface area contributed by atoms with E-state index in [0.717, 1.165) is 12.8 Å². The van der Waals surface area contributed by atoms with Gasteiger partial charge in [0.2, 0.25) is 0 Å². The largest absolute Gasteiger partial charge is 1.00 e. The van der Waals surface area contributed by atoms with Gasteiger partial charge in [0, 0.05) is 5.97 Å². The Balaban J connectivity index is 0.00000169. The minimum atomic E-state index is -0.937. The molecule has 1 aliphatic carbocycles. The van der Waals surface area contributed by atoms with Gasteiger partial charge in [0.05, 0.1) is 0 Å². The summed E-state index contributed by atoms with van der Waals surface area (Å²) in [4.78, 5) is 10.6. The number of carboxylic acid groups (broad SMARTS) is 1. The average Bonchev–Trinajstić information content (AvgIpc) is 1.96. The Morgan fingerprint density at radius 2 is 2.21 bits per heavy atom. The van der Waals surface area contributed by atoms with E-state index >= 15 is 0 Å². The number of allylic oxidation sites excluding steroid dienone is 2. The average molecular weight is 188 g/mol. The van der Waals surface area contributed by atoms with E-state index in [2.05, 4.69) is 19.9 Å². The summed E-state index contributed by atoms with van der Waals surface area (Å²) in [6.45, 7) is 6.29. The molecular weight excluding hydrogens is 171 g/mol. The molecule has 2 nitrogen and oxygen atoms in total. The van der Waals surface area contributed by atoms with Crippen molar-refractivity contribution in [3.8, 4) is 0 Å². The van der Waals surface area contributed by atoms with Crippen molar-refractivity contribution >= 4 is 5.97 Å². The zero-order valence-corrected chi connectivity index (χ0v) is 9.59. The molecule has 1 atom stereocenters. The third-order valence-electron chi connectivity index (χ3n) is 3.12. The van der Waals surface area contributed by atoms with Crippen molar-refractivity contribution in [2.75, 3.05) is 0 Å². The van der Waals surface area contributed by atoms with Crippen molar-refractivity contribution in [3.63, 3.8) is 0 Å². The maximum Gasteiger partial charge on any atom is 1.00 e. The molecule has 14 heavy (non-hydrogen) atoms. The van der Waals surface area contributed by atoms with Crippen LogP contribution in [0.3, 0.4) is 0 Å². The summed E-state index contributed by atoms with van der Waals surface area (Å²) in [6.07, 6.45) is 4.46. The molecule has 0 aliphatic heterocycles. The van der Waals surface area contributed by atoms with Crippen molar-refractivity contribution in [3.05, 3.63) is 11.6 Å². The van der Waals surface area contributed by atoms with Crippen LogP contribution in [-0.2, 0) is 4.79 Å². The molecule has 0 N–H and O–H groups in total. The van der Waals surface area contributed by atoms with Crippen LogP contribution in [0.15, 0.2) is 11.6 Å². The Kier molecular flexibility index (Phi) is 4.98. The van der Waals surface area contributed by atoms with Crippen molar-refractivity contribution in [1.29, 1.82) is 0 Å². The SMILES string of the molecule is CC1=CCCC(C)(C)C1CC(=O)[O-].[Li+]. The Morgan fingerprint density at radius 1 is 1.64 bits per heavy atom. The maximum atomic E-state index is 10.6. The van der Waals surface area contributed by atoms with Gasteiger partial charge in [-0.1, -0.05) is 25.5 Å². The van der Waals surface area contributed by atoms with Crippen LogP contribution in [0, 0.1) is 11.3 Å². The molecule has 0 heterocycles. The zero-order valence-electron chi connectivity index (χ0n) is 9.59. The number of carbonyl (C=O) groups is 1. The Labute approximate surface area is 97.9 Å². The van der Waals surface area contributed by atoms with Crippen LogP contribution in [0.25, 0.3) is 0 Å². The molecule has 0 aromatic rings. The molecule has 0 aromatic carbocycles. The molecule has 0 saturated carbocycles. The molecule has 0 amide bonds.